The zero-order chi connectivity index (χ0) is 20.1. The Labute approximate surface area is 164 Å². The molecule has 2 fully saturated rings. The predicted molar refractivity (Wildman–Crippen MR) is 103 cm³/mol. The second-order valence-corrected chi connectivity index (χ2v) is 7.27. The molecule has 0 unspecified atom stereocenters. The van der Waals surface area contributed by atoms with Crippen LogP contribution in [-0.4, -0.2) is 53.8 Å². The van der Waals surface area contributed by atoms with Crippen molar-refractivity contribution in [3.05, 3.63) is 35.4 Å². The molecule has 28 heavy (non-hydrogen) atoms. The monoisotopic (exact) mass is 386 g/mol. The molecule has 2 aliphatic rings. The second-order valence-electron chi connectivity index (χ2n) is 7.27. The number of urea groups is 1. The van der Waals surface area contributed by atoms with Crippen molar-refractivity contribution in [2.75, 3.05) is 19.6 Å². The fourth-order valence-electron chi connectivity index (χ4n) is 3.43. The van der Waals surface area contributed by atoms with E-state index in [1.807, 2.05) is 6.92 Å². The van der Waals surface area contributed by atoms with Crippen LogP contribution >= 0.6 is 0 Å². The van der Waals surface area contributed by atoms with Gasteiger partial charge >= 0.3 is 6.03 Å². The molecule has 3 N–H and O–H groups in total. The van der Waals surface area contributed by atoms with E-state index in [4.69, 9.17) is 0 Å². The zero-order valence-electron chi connectivity index (χ0n) is 16.0. The lowest BCUT2D eigenvalue weighted by atomic mass is 9.77. The van der Waals surface area contributed by atoms with Crippen molar-refractivity contribution in [3.63, 3.8) is 0 Å². The summed E-state index contributed by atoms with van der Waals surface area (Å²) in [7, 11) is 0. The largest absolute Gasteiger partial charge is 0.352 e. The number of benzene rings is 1. The number of nitrogens with one attached hydrogen (secondary N) is 3. The number of carbonyl (C=O) groups is 4. The third-order valence-corrected chi connectivity index (χ3v) is 5.22. The van der Waals surface area contributed by atoms with E-state index in [0.29, 0.717) is 43.5 Å². The molecule has 8 nitrogen and oxygen atoms in total. The van der Waals surface area contributed by atoms with E-state index in [2.05, 4.69) is 16.0 Å². The standard InChI is InChI=1S/C20H26N4O4/c1-2-10-21-16(25)14-6-3-7-15(13-14)17(26)22-11-5-12-24-18(27)20(8-4-9-20)23-19(24)28/h3,6-7,13H,2,4-5,8-12H2,1H3,(H,21,25)(H,22,26)(H,23,28). The lowest BCUT2D eigenvalue weighted by Crippen LogP contribution is -2.52. The number of carbonyl (C=O) groups excluding carboxylic acids is 4. The van der Waals surface area contributed by atoms with Gasteiger partial charge in [-0.05, 0) is 50.3 Å². The van der Waals surface area contributed by atoms with E-state index in [-0.39, 0.29) is 30.3 Å². The van der Waals surface area contributed by atoms with Crippen molar-refractivity contribution < 1.29 is 19.2 Å². The first-order valence-corrected chi connectivity index (χ1v) is 9.77. The Balaban J connectivity index is 1.46. The third-order valence-electron chi connectivity index (χ3n) is 5.22. The van der Waals surface area contributed by atoms with Crippen LogP contribution in [0.25, 0.3) is 0 Å². The molecule has 1 saturated heterocycles. The minimum Gasteiger partial charge on any atom is -0.352 e. The van der Waals surface area contributed by atoms with Crippen LogP contribution in [-0.2, 0) is 4.79 Å². The van der Waals surface area contributed by atoms with Crippen molar-refractivity contribution >= 4 is 23.8 Å². The van der Waals surface area contributed by atoms with Gasteiger partial charge in [0, 0.05) is 30.8 Å². The summed E-state index contributed by atoms with van der Waals surface area (Å²) in [6.07, 6.45) is 3.66. The number of nitrogens with zero attached hydrogens (tertiary/aromatic N) is 1. The van der Waals surface area contributed by atoms with Crippen molar-refractivity contribution in [2.45, 2.75) is 44.6 Å². The SMILES string of the molecule is CCCNC(=O)c1cccc(C(=O)NCCCN2C(=O)NC3(CCC3)C2=O)c1. The van der Waals surface area contributed by atoms with Gasteiger partial charge in [0.05, 0.1) is 0 Å². The zero-order valence-corrected chi connectivity index (χ0v) is 16.0. The molecule has 1 aromatic carbocycles. The van der Waals surface area contributed by atoms with Crippen molar-refractivity contribution in [3.8, 4) is 0 Å². The van der Waals surface area contributed by atoms with Crippen molar-refractivity contribution in [2.24, 2.45) is 0 Å². The number of hydrogen-bond donors (Lipinski definition) is 3. The average molecular weight is 386 g/mol. The maximum Gasteiger partial charge on any atom is 0.325 e. The number of hydrogen-bond acceptors (Lipinski definition) is 4. The molecular weight excluding hydrogens is 360 g/mol. The van der Waals surface area contributed by atoms with E-state index < -0.39 is 5.54 Å². The topological polar surface area (TPSA) is 108 Å². The summed E-state index contributed by atoms with van der Waals surface area (Å²) in [6.45, 7) is 3.15. The number of rotatable bonds is 8. The van der Waals surface area contributed by atoms with Crippen LogP contribution in [0.3, 0.4) is 0 Å². The Hall–Kier alpha value is -2.90. The summed E-state index contributed by atoms with van der Waals surface area (Å²) in [5.41, 5.74) is 0.165. The summed E-state index contributed by atoms with van der Waals surface area (Å²) >= 11 is 0. The molecule has 1 aliphatic carbocycles. The van der Waals surface area contributed by atoms with Gasteiger partial charge in [-0.15, -0.1) is 0 Å². The van der Waals surface area contributed by atoms with Gasteiger partial charge < -0.3 is 16.0 Å². The minimum atomic E-state index is -0.668. The molecule has 0 bridgehead atoms. The Morgan fingerprint density at radius 2 is 1.75 bits per heavy atom. The smallest absolute Gasteiger partial charge is 0.325 e. The molecule has 1 saturated carbocycles. The van der Waals surface area contributed by atoms with Gasteiger partial charge in [-0.2, -0.15) is 0 Å². The highest BCUT2D eigenvalue weighted by molar-refractivity contribution is 6.07. The highest BCUT2D eigenvalue weighted by Gasteiger charge is 2.54. The van der Waals surface area contributed by atoms with E-state index in [9.17, 15) is 19.2 Å². The number of amides is 5. The molecule has 150 valence electrons. The molecule has 1 aliphatic heterocycles. The summed E-state index contributed by atoms with van der Waals surface area (Å²) < 4.78 is 0. The van der Waals surface area contributed by atoms with Crippen molar-refractivity contribution in [1.29, 1.82) is 0 Å². The molecule has 1 aromatic rings. The molecular formula is C20H26N4O4. The summed E-state index contributed by atoms with van der Waals surface area (Å²) in [5, 5.41) is 8.33. The number of imide groups is 1. The average Bonchev–Trinajstić information content (AvgIpc) is 2.94. The molecule has 1 heterocycles. The Bertz CT molecular complexity index is 788. The van der Waals surface area contributed by atoms with Gasteiger partial charge in [-0.3, -0.25) is 19.3 Å². The minimum absolute atomic E-state index is 0.152. The van der Waals surface area contributed by atoms with Crippen LogP contribution < -0.4 is 16.0 Å². The van der Waals surface area contributed by atoms with E-state index in [1.54, 1.807) is 24.3 Å². The van der Waals surface area contributed by atoms with Crippen LogP contribution in [0.5, 0.6) is 0 Å². The van der Waals surface area contributed by atoms with E-state index in [0.717, 1.165) is 12.8 Å². The summed E-state index contributed by atoms with van der Waals surface area (Å²) in [6, 6.07) is 6.18. The quantitative estimate of drug-likeness (QED) is 0.464. The van der Waals surface area contributed by atoms with E-state index in [1.165, 1.54) is 4.90 Å². The maximum absolute atomic E-state index is 12.4. The van der Waals surface area contributed by atoms with Crippen LogP contribution in [0.4, 0.5) is 4.79 Å². The molecule has 0 atom stereocenters. The fraction of sp³-hybridized carbons (Fsp3) is 0.500. The Kier molecular flexibility index (Phi) is 5.96. The van der Waals surface area contributed by atoms with E-state index >= 15 is 0 Å². The van der Waals surface area contributed by atoms with Gasteiger partial charge in [0.2, 0.25) is 0 Å². The molecule has 0 aromatic heterocycles. The van der Waals surface area contributed by atoms with Gasteiger partial charge in [-0.25, -0.2) is 4.79 Å². The lowest BCUT2D eigenvalue weighted by molar-refractivity contribution is -0.134. The third kappa shape index (κ3) is 4.00. The molecule has 8 heteroatoms. The van der Waals surface area contributed by atoms with Crippen LogP contribution in [0.2, 0.25) is 0 Å². The molecule has 5 amide bonds. The molecule has 0 radical (unpaired) electrons. The molecule has 1 spiro atoms. The first kappa shape index (κ1) is 19.9. The van der Waals surface area contributed by atoms with Crippen LogP contribution in [0.1, 0.15) is 59.7 Å². The van der Waals surface area contributed by atoms with Crippen molar-refractivity contribution in [1.82, 2.24) is 20.9 Å². The normalized spacial score (nSPS) is 17.2. The summed E-state index contributed by atoms with van der Waals surface area (Å²) in [5.74, 6) is -0.654. The van der Waals surface area contributed by atoms with Gasteiger partial charge in [0.15, 0.2) is 0 Å². The Morgan fingerprint density at radius 3 is 2.29 bits per heavy atom. The van der Waals surface area contributed by atoms with Crippen LogP contribution in [0.15, 0.2) is 24.3 Å². The maximum atomic E-state index is 12.4. The van der Waals surface area contributed by atoms with Gasteiger partial charge in [0.25, 0.3) is 17.7 Å². The van der Waals surface area contributed by atoms with Gasteiger partial charge in [-0.1, -0.05) is 13.0 Å². The first-order chi connectivity index (χ1) is 13.5. The predicted octanol–water partition coefficient (Wildman–Crippen LogP) is 1.42. The lowest BCUT2D eigenvalue weighted by Gasteiger charge is -2.34. The summed E-state index contributed by atoms with van der Waals surface area (Å²) in [4.78, 5) is 49.9. The fourth-order valence-corrected chi connectivity index (χ4v) is 3.43. The highest BCUT2D eigenvalue weighted by Crippen LogP contribution is 2.37. The highest BCUT2D eigenvalue weighted by atomic mass is 16.2. The molecule has 3 rings (SSSR count). The second kappa shape index (κ2) is 8.41. The Morgan fingerprint density at radius 1 is 1.11 bits per heavy atom. The van der Waals surface area contributed by atoms with Gasteiger partial charge in [0.1, 0.15) is 5.54 Å². The van der Waals surface area contributed by atoms with Crippen LogP contribution in [0, 0.1) is 0 Å². The first-order valence-electron chi connectivity index (χ1n) is 9.77.